The molecule has 0 amide bonds. The molecular formula is C13H18N4. The maximum absolute atomic E-state index is 5.88. The van der Waals surface area contributed by atoms with Crippen LogP contribution >= 0.6 is 0 Å². The number of nitrogen functional groups attached to an aromatic ring is 1. The minimum atomic E-state index is 0.779. The van der Waals surface area contributed by atoms with Gasteiger partial charge in [0.05, 0.1) is 6.20 Å². The highest BCUT2D eigenvalue weighted by Gasteiger charge is 2.03. The molecule has 0 atom stereocenters. The molecule has 0 saturated carbocycles. The highest BCUT2D eigenvalue weighted by molar-refractivity contribution is 5.46. The molecule has 4 nitrogen and oxygen atoms in total. The molecule has 1 heterocycles. The molecule has 2 aromatic rings. The van der Waals surface area contributed by atoms with Gasteiger partial charge in [0.2, 0.25) is 0 Å². The van der Waals surface area contributed by atoms with E-state index < -0.39 is 0 Å². The Hall–Kier alpha value is -1.81. The minimum absolute atomic E-state index is 0.779. The second kappa shape index (κ2) is 5.01. The lowest BCUT2D eigenvalue weighted by atomic mass is 10.2. The molecule has 0 unspecified atom stereocenters. The third-order valence-corrected chi connectivity index (χ3v) is 3.02. The molecule has 0 aliphatic heterocycles. The molecule has 2 rings (SSSR count). The predicted octanol–water partition coefficient (Wildman–Crippen LogP) is 1.60. The Morgan fingerprint density at radius 3 is 2.59 bits per heavy atom. The number of para-hydroxylation sites is 1. The standard InChI is InChI=1S/C13H18N4/c1-10-12(9-16-17(10)2)8-15-7-11-5-3-4-6-13(11)14/h3-6,9,15H,7-8,14H2,1-2H3. The van der Waals surface area contributed by atoms with Gasteiger partial charge in [-0.05, 0) is 18.6 Å². The number of rotatable bonds is 4. The molecule has 0 aliphatic rings. The third kappa shape index (κ3) is 2.65. The van der Waals surface area contributed by atoms with Crippen LogP contribution < -0.4 is 11.1 Å². The first kappa shape index (κ1) is 11.7. The zero-order valence-corrected chi connectivity index (χ0v) is 10.3. The van der Waals surface area contributed by atoms with Gasteiger partial charge in [-0.3, -0.25) is 4.68 Å². The Morgan fingerprint density at radius 1 is 1.24 bits per heavy atom. The number of nitrogens with two attached hydrogens (primary N) is 1. The molecule has 1 aromatic carbocycles. The van der Waals surface area contributed by atoms with Crippen LogP contribution in [0.4, 0.5) is 5.69 Å². The number of benzene rings is 1. The van der Waals surface area contributed by atoms with Crippen molar-refractivity contribution in [2.45, 2.75) is 20.0 Å². The highest BCUT2D eigenvalue weighted by atomic mass is 15.3. The van der Waals surface area contributed by atoms with Crippen molar-refractivity contribution in [3.05, 3.63) is 47.3 Å². The van der Waals surface area contributed by atoms with Gasteiger partial charge in [0.1, 0.15) is 0 Å². The molecule has 0 fully saturated rings. The second-order valence-electron chi connectivity index (χ2n) is 4.18. The topological polar surface area (TPSA) is 55.9 Å². The Balaban J connectivity index is 1.92. The van der Waals surface area contributed by atoms with Gasteiger partial charge < -0.3 is 11.1 Å². The summed E-state index contributed by atoms with van der Waals surface area (Å²) in [6, 6.07) is 7.91. The Kier molecular flexibility index (Phi) is 3.44. The number of hydrogen-bond acceptors (Lipinski definition) is 3. The zero-order valence-electron chi connectivity index (χ0n) is 10.3. The van der Waals surface area contributed by atoms with E-state index in [1.165, 1.54) is 11.3 Å². The van der Waals surface area contributed by atoms with E-state index >= 15 is 0 Å². The number of anilines is 1. The van der Waals surface area contributed by atoms with Crippen molar-refractivity contribution in [1.82, 2.24) is 15.1 Å². The number of nitrogens with one attached hydrogen (secondary N) is 1. The first-order valence-corrected chi connectivity index (χ1v) is 5.70. The van der Waals surface area contributed by atoms with Gasteiger partial charge in [-0.15, -0.1) is 0 Å². The van der Waals surface area contributed by atoms with Gasteiger partial charge in [0.15, 0.2) is 0 Å². The van der Waals surface area contributed by atoms with Crippen LogP contribution in [0, 0.1) is 6.92 Å². The third-order valence-electron chi connectivity index (χ3n) is 3.02. The van der Waals surface area contributed by atoms with Crippen molar-refractivity contribution in [1.29, 1.82) is 0 Å². The summed E-state index contributed by atoms with van der Waals surface area (Å²) in [7, 11) is 1.95. The molecule has 0 spiro atoms. The number of hydrogen-bond donors (Lipinski definition) is 2. The minimum Gasteiger partial charge on any atom is -0.398 e. The predicted molar refractivity (Wildman–Crippen MR) is 69.3 cm³/mol. The summed E-state index contributed by atoms with van der Waals surface area (Å²) in [6.45, 7) is 3.66. The van der Waals surface area contributed by atoms with Crippen molar-refractivity contribution in [2.24, 2.45) is 7.05 Å². The summed E-state index contributed by atoms with van der Waals surface area (Å²) in [5.41, 5.74) is 10.3. The molecule has 0 saturated heterocycles. The summed E-state index contributed by atoms with van der Waals surface area (Å²) in [5.74, 6) is 0. The number of aromatic nitrogens is 2. The summed E-state index contributed by atoms with van der Waals surface area (Å²) >= 11 is 0. The van der Waals surface area contributed by atoms with Crippen LogP contribution in [0.5, 0.6) is 0 Å². The average Bonchev–Trinajstić information content (AvgIpc) is 2.63. The Labute approximate surface area is 101 Å². The number of aryl methyl sites for hydroxylation is 1. The molecule has 1 aromatic heterocycles. The maximum Gasteiger partial charge on any atom is 0.0537 e. The van der Waals surface area contributed by atoms with Crippen LogP contribution in [-0.2, 0) is 20.1 Å². The van der Waals surface area contributed by atoms with Crippen LogP contribution in [-0.4, -0.2) is 9.78 Å². The summed E-state index contributed by atoms with van der Waals surface area (Å²) < 4.78 is 1.88. The fraction of sp³-hybridized carbons (Fsp3) is 0.308. The van der Waals surface area contributed by atoms with Gasteiger partial charge in [0, 0.05) is 37.1 Å². The first-order valence-electron chi connectivity index (χ1n) is 5.70. The largest absolute Gasteiger partial charge is 0.398 e. The Morgan fingerprint density at radius 2 is 1.94 bits per heavy atom. The monoisotopic (exact) mass is 230 g/mol. The van der Waals surface area contributed by atoms with E-state index in [-0.39, 0.29) is 0 Å². The van der Waals surface area contributed by atoms with Crippen LogP contribution in [0.25, 0.3) is 0 Å². The van der Waals surface area contributed by atoms with Gasteiger partial charge >= 0.3 is 0 Å². The van der Waals surface area contributed by atoms with E-state index in [0.29, 0.717) is 0 Å². The van der Waals surface area contributed by atoms with E-state index in [1.807, 2.05) is 42.2 Å². The van der Waals surface area contributed by atoms with Gasteiger partial charge in [-0.2, -0.15) is 5.10 Å². The maximum atomic E-state index is 5.88. The number of nitrogens with zero attached hydrogens (tertiary/aromatic N) is 2. The van der Waals surface area contributed by atoms with Crippen LogP contribution in [0.1, 0.15) is 16.8 Å². The van der Waals surface area contributed by atoms with E-state index in [9.17, 15) is 0 Å². The second-order valence-corrected chi connectivity index (χ2v) is 4.18. The van der Waals surface area contributed by atoms with Crippen molar-refractivity contribution in [3.8, 4) is 0 Å². The SMILES string of the molecule is Cc1c(CNCc2ccccc2N)cnn1C. The molecule has 90 valence electrons. The van der Waals surface area contributed by atoms with Crippen molar-refractivity contribution in [2.75, 3.05) is 5.73 Å². The van der Waals surface area contributed by atoms with Crippen LogP contribution in [0.15, 0.2) is 30.5 Å². The molecular weight excluding hydrogens is 212 g/mol. The lowest BCUT2D eigenvalue weighted by Gasteiger charge is -2.07. The molecule has 17 heavy (non-hydrogen) atoms. The normalized spacial score (nSPS) is 10.7. The van der Waals surface area contributed by atoms with Crippen LogP contribution in [0.2, 0.25) is 0 Å². The lowest BCUT2D eigenvalue weighted by Crippen LogP contribution is -2.14. The van der Waals surface area contributed by atoms with Gasteiger partial charge in [-0.25, -0.2) is 0 Å². The smallest absolute Gasteiger partial charge is 0.0537 e. The molecule has 4 heteroatoms. The van der Waals surface area contributed by atoms with E-state index in [4.69, 9.17) is 5.73 Å². The van der Waals surface area contributed by atoms with E-state index in [0.717, 1.165) is 24.3 Å². The van der Waals surface area contributed by atoms with E-state index in [2.05, 4.69) is 17.3 Å². The van der Waals surface area contributed by atoms with Crippen molar-refractivity contribution < 1.29 is 0 Å². The molecule has 0 aliphatic carbocycles. The highest BCUT2D eigenvalue weighted by Crippen LogP contribution is 2.10. The van der Waals surface area contributed by atoms with Crippen LogP contribution in [0.3, 0.4) is 0 Å². The van der Waals surface area contributed by atoms with Gasteiger partial charge in [0.25, 0.3) is 0 Å². The average molecular weight is 230 g/mol. The summed E-state index contributed by atoms with van der Waals surface area (Å²) in [5, 5.41) is 7.59. The lowest BCUT2D eigenvalue weighted by molar-refractivity contribution is 0.685. The molecule has 0 radical (unpaired) electrons. The summed E-state index contributed by atoms with van der Waals surface area (Å²) in [6.07, 6.45) is 1.90. The van der Waals surface area contributed by atoms with Gasteiger partial charge in [-0.1, -0.05) is 18.2 Å². The fourth-order valence-electron chi connectivity index (χ4n) is 1.74. The van der Waals surface area contributed by atoms with Crippen molar-refractivity contribution in [3.63, 3.8) is 0 Å². The van der Waals surface area contributed by atoms with Crippen molar-refractivity contribution >= 4 is 5.69 Å². The Bertz CT molecular complexity index is 502. The molecule has 0 bridgehead atoms. The first-order chi connectivity index (χ1) is 8.18. The zero-order chi connectivity index (χ0) is 12.3. The summed E-state index contributed by atoms with van der Waals surface area (Å²) in [4.78, 5) is 0. The molecule has 3 N–H and O–H groups in total. The quantitative estimate of drug-likeness (QED) is 0.784. The van der Waals surface area contributed by atoms with E-state index in [1.54, 1.807) is 0 Å². The fourth-order valence-corrected chi connectivity index (χ4v) is 1.74.